The van der Waals surface area contributed by atoms with Gasteiger partial charge in [0, 0.05) is 24.5 Å². The second-order valence-electron chi connectivity index (χ2n) is 6.84. The Kier molecular flexibility index (Phi) is 5.94. The monoisotopic (exact) mass is 372 g/mol. The minimum absolute atomic E-state index is 0.0741. The van der Waals surface area contributed by atoms with Gasteiger partial charge in [0.05, 0.1) is 11.8 Å². The van der Waals surface area contributed by atoms with Crippen molar-refractivity contribution in [1.29, 1.82) is 0 Å². The number of sulfonamides is 1. The Morgan fingerprint density at radius 2 is 1.79 bits per heavy atom. The first kappa shape index (κ1) is 19.2. The van der Waals surface area contributed by atoms with Crippen molar-refractivity contribution in [3.63, 3.8) is 0 Å². The van der Waals surface area contributed by atoms with E-state index in [2.05, 4.69) is 5.32 Å². The van der Waals surface area contributed by atoms with Gasteiger partial charge < -0.3 is 5.32 Å². The zero-order valence-corrected chi connectivity index (χ0v) is 16.0. The van der Waals surface area contributed by atoms with Gasteiger partial charge in [-0.25, -0.2) is 12.7 Å². The molecular formula is C17H25ClN2O3S. The molecule has 1 heterocycles. The molecule has 1 amide bonds. The molecule has 0 radical (unpaired) electrons. The van der Waals surface area contributed by atoms with Crippen molar-refractivity contribution in [1.82, 2.24) is 9.62 Å². The van der Waals surface area contributed by atoms with E-state index >= 15 is 0 Å². The molecule has 1 aliphatic rings. The number of hydrogen-bond donors (Lipinski definition) is 1. The van der Waals surface area contributed by atoms with Gasteiger partial charge in [0.15, 0.2) is 0 Å². The smallest absolute Gasteiger partial charge is 0.220 e. The van der Waals surface area contributed by atoms with E-state index in [1.165, 1.54) is 10.6 Å². The molecule has 1 N–H and O–H groups in total. The molecule has 0 saturated heterocycles. The van der Waals surface area contributed by atoms with Gasteiger partial charge in [0.1, 0.15) is 0 Å². The summed E-state index contributed by atoms with van der Waals surface area (Å²) < 4.78 is 25.2. The molecule has 0 bridgehead atoms. The molecule has 0 saturated carbocycles. The Labute approximate surface area is 149 Å². The molecule has 0 spiro atoms. The van der Waals surface area contributed by atoms with Gasteiger partial charge in [-0.3, -0.25) is 4.79 Å². The van der Waals surface area contributed by atoms with E-state index < -0.39 is 15.6 Å². The van der Waals surface area contributed by atoms with Crippen LogP contribution in [0.1, 0.15) is 44.2 Å². The minimum atomic E-state index is -3.26. The Balaban J connectivity index is 2.35. The first-order valence-electron chi connectivity index (χ1n) is 8.14. The molecule has 0 unspecified atom stereocenters. The van der Waals surface area contributed by atoms with E-state index in [1.807, 2.05) is 32.0 Å². The number of rotatable bonds is 1. The molecule has 0 fully saturated rings. The Hall–Kier alpha value is -1.11. The topological polar surface area (TPSA) is 66.5 Å². The number of amides is 1. The van der Waals surface area contributed by atoms with Gasteiger partial charge in [-0.15, -0.1) is 0 Å². The van der Waals surface area contributed by atoms with Gasteiger partial charge in [0.2, 0.25) is 15.9 Å². The largest absolute Gasteiger partial charge is 0.347 e. The highest BCUT2D eigenvalue weighted by molar-refractivity contribution is 7.88. The predicted molar refractivity (Wildman–Crippen MR) is 96.6 cm³/mol. The second kappa shape index (κ2) is 7.42. The summed E-state index contributed by atoms with van der Waals surface area (Å²) >= 11 is 6.13. The van der Waals surface area contributed by atoms with Crippen LogP contribution in [0.5, 0.6) is 0 Å². The van der Waals surface area contributed by atoms with Crippen LogP contribution in [0.3, 0.4) is 0 Å². The fourth-order valence-electron chi connectivity index (χ4n) is 3.16. The van der Waals surface area contributed by atoms with Crippen LogP contribution in [0.15, 0.2) is 18.2 Å². The lowest BCUT2D eigenvalue weighted by Crippen LogP contribution is -2.42. The molecular weight excluding hydrogens is 348 g/mol. The quantitative estimate of drug-likeness (QED) is 0.824. The molecule has 7 heteroatoms. The fraction of sp³-hybridized carbons (Fsp3) is 0.588. The number of hydrogen-bond acceptors (Lipinski definition) is 3. The zero-order valence-electron chi connectivity index (χ0n) is 14.4. The van der Waals surface area contributed by atoms with Crippen molar-refractivity contribution >= 4 is 27.5 Å². The molecule has 0 aromatic heterocycles. The van der Waals surface area contributed by atoms with Crippen LogP contribution in [-0.4, -0.2) is 38.0 Å². The third-order valence-electron chi connectivity index (χ3n) is 4.33. The molecule has 1 aliphatic heterocycles. The number of aryl methyl sites for hydroxylation is 1. The maximum Gasteiger partial charge on any atom is 0.220 e. The molecule has 1 aromatic carbocycles. The number of nitrogens with one attached hydrogen (secondary N) is 1. The highest BCUT2D eigenvalue weighted by Crippen LogP contribution is 2.28. The Morgan fingerprint density at radius 1 is 1.17 bits per heavy atom. The molecule has 134 valence electrons. The minimum Gasteiger partial charge on any atom is -0.347 e. The first-order valence-corrected chi connectivity index (χ1v) is 10.4. The number of benzene rings is 1. The highest BCUT2D eigenvalue weighted by atomic mass is 35.5. The van der Waals surface area contributed by atoms with Gasteiger partial charge in [-0.2, -0.15) is 0 Å². The van der Waals surface area contributed by atoms with E-state index in [4.69, 9.17) is 11.6 Å². The number of fused-ring (bicyclic) bond motifs is 1. The lowest BCUT2D eigenvalue weighted by molar-refractivity contribution is -0.122. The van der Waals surface area contributed by atoms with Crippen LogP contribution in [0, 0.1) is 0 Å². The van der Waals surface area contributed by atoms with Crippen molar-refractivity contribution in [2.45, 2.75) is 45.1 Å². The average Bonchev–Trinajstić information content (AvgIpc) is 2.42. The van der Waals surface area contributed by atoms with E-state index in [-0.39, 0.29) is 5.91 Å². The van der Waals surface area contributed by atoms with Crippen molar-refractivity contribution in [3.05, 3.63) is 34.3 Å². The summed E-state index contributed by atoms with van der Waals surface area (Å²) in [6.45, 7) is 4.78. The maximum atomic E-state index is 12.2. The fourth-order valence-corrected chi connectivity index (χ4v) is 4.28. The SMILES string of the molecule is CC1(C)NC(=O)CCCN(S(C)(=O)=O)CCCc2cc(Cl)ccc21. The van der Waals surface area contributed by atoms with Crippen LogP contribution in [-0.2, 0) is 26.8 Å². The standard InChI is InChI=1S/C17H25ClN2O3S/c1-17(2)15-9-8-14(18)12-13(15)6-4-10-20(24(3,22)23)11-5-7-16(21)19-17/h8-9,12H,4-7,10-11H2,1-3H3,(H,19,21). The van der Waals surface area contributed by atoms with E-state index in [1.54, 1.807) is 0 Å². The maximum absolute atomic E-state index is 12.2. The van der Waals surface area contributed by atoms with E-state index in [0.717, 1.165) is 11.1 Å². The van der Waals surface area contributed by atoms with Crippen LogP contribution < -0.4 is 5.32 Å². The molecule has 0 atom stereocenters. The zero-order chi connectivity index (χ0) is 18.0. The molecule has 1 aromatic rings. The number of halogens is 1. The van der Waals surface area contributed by atoms with Crippen LogP contribution in [0.2, 0.25) is 5.02 Å². The highest BCUT2D eigenvalue weighted by Gasteiger charge is 2.27. The normalized spacial score (nSPS) is 20.4. The predicted octanol–water partition coefficient (Wildman–Crippen LogP) is 2.68. The van der Waals surface area contributed by atoms with Gasteiger partial charge in [-0.1, -0.05) is 17.7 Å². The Bertz CT molecular complexity index is 717. The lowest BCUT2D eigenvalue weighted by atomic mass is 9.87. The summed E-state index contributed by atoms with van der Waals surface area (Å²) in [7, 11) is -3.26. The van der Waals surface area contributed by atoms with E-state index in [9.17, 15) is 13.2 Å². The second-order valence-corrected chi connectivity index (χ2v) is 9.26. The average molecular weight is 373 g/mol. The summed E-state index contributed by atoms with van der Waals surface area (Å²) in [5.74, 6) is -0.0741. The van der Waals surface area contributed by atoms with Gasteiger partial charge in [0.25, 0.3) is 0 Å². The molecule has 5 nitrogen and oxygen atoms in total. The third-order valence-corrected chi connectivity index (χ3v) is 5.86. The van der Waals surface area contributed by atoms with Gasteiger partial charge >= 0.3 is 0 Å². The van der Waals surface area contributed by atoms with Crippen LogP contribution >= 0.6 is 11.6 Å². The Morgan fingerprint density at radius 3 is 2.42 bits per heavy atom. The van der Waals surface area contributed by atoms with Crippen molar-refractivity contribution in [2.75, 3.05) is 19.3 Å². The van der Waals surface area contributed by atoms with E-state index in [0.29, 0.717) is 43.8 Å². The number of nitrogens with zero attached hydrogens (tertiary/aromatic N) is 1. The van der Waals surface area contributed by atoms with Crippen molar-refractivity contribution < 1.29 is 13.2 Å². The van der Waals surface area contributed by atoms with Crippen LogP contribution in [0.25, 0.3) is 0 Å². The van der Waals surface area contributed by atoms with Gasteiger partial charge in [-0.05, 0) is 56.4 Å². The van der Waals surface area contributed by atoms with Crippen molar-refractivity contribution in [2.24, 2.45) is 0 Å². The summed E-state index contributed by atoms with van der Waals surface area (Å²) in [4.78, 5) is 12.2. The first-order chi connectivity index (χ1) is 11.1. The molecule has 0 aliphatic carbocycles. The molecule has 24 heavy (non-hydrogen) atoms. The van der Waals surface area contributed by atoms with Crippen LogP contribution in [0.4, 0.5) is 0 Å². The number of carbonyl (C=O) groups is 1. The third kappa shape index (κ3) is 4.94. The summed E-state index contributed by atoms with van der Waals surface area (Å²) in [5, 5.41) is 3.69. The summed E-state index contributed by atoms with van der Waals surface area (Å²) in [6, 6.07) is 5.67. The lowest BCUT2D eigenvalue weighted by Gasteiger charge is -2.30. The van der Waals surface area contributed by atoms with Crippen molar-refractivity contribution in [3.8, 4) is 0 Å². The molecule has 2 rings (SSSR count). The number of carbonyl (C=O) groups excluding carboxylic acids is 1. The summed E-state index contributed by atoms with van der Waals surface area (Å²) in [5.41, 5.74) is 1.57. The summed E-state index contributed by atoms with van der Waals surface area (Å²) in [6.07, 6.45) is 3.46.